The molecule has 3 aromatic rings. The van der Waals surface area contributed by atoms with Gasteiger partial charge in [0.1, 0.15) is 18.1 Å². The second kappa shape index (κ2) is 7.47. The smallest absolute Gasteiger partial charge is 0.228 e. The van der Waals surface area contributed by atoms with Crippen LogP contribution in [0.2, 0.25) is 0 Å². The Labute approximate surface area is 148 Å². The third-order valence-corrected chi connectivity index (χ3v) is 4.05. The lowest BCUT2D eigenvalue weighted by molar-refractivity contribution is -0.115. The SMILES string of the molecule is O=C(Cc1ccc(Br)cc1)Nc1cccc(-c2ccc(CO)o2)c1. The minimum absolute atomic E-state index is 0.0787. The van der Waals surface area contributed by atoms with Crippen molar-refractivity contribution in [2.24, 2.45) is 0 Å². The van der Waals surface area contributed by atoms with Gasteiger partial charge in [0.05, 0.1) is 6.42 Å². The molecule has 122 valence electrons. The summed E-state index contributed by atoms with van der Waals surface area (Å²) in [4.78, 5) is 12.2. The molecule has 0 aliphatic heterocycles. The number of benzene rings is 2. The van der Waals surface area contributed by atoms with Crippen LogP contribution >= 0.6 is 15.9 Å². The van der Waals surface area contributed by atoms with Gasteiger partial charge >= 0.3 is 0 Å². The first kappa shape index (κ1) is 16.5. The fourth-order valence-electron chi connectivity index (χ4n) is 2.36. The minimum atomic E-state index is -0.135. The summed E-state index contributed by atoms with van der Waals surface area (Å²) in [6, 6.07) is 18.6. The van der Waals surface area contributed by atoms with Crippen molar-refractivity contribution in [1.29, 1.82) is 0 Å². The van der Waals surface area contributed by atoms with Crippen molar-refractivity contribution in [3.63, 3.8) is 0 Å². The lowest BCUT2D eigenvalue weighted by Gasteiger charge is -2.07. The maximum Gasteiger partial charge on any atom is 0.228 e. The maximum absolute atomic E-state index is 12.2. The van der Waals surface area contributed by atoms with Gasteiger partial charge in [-0.05, 0) is 42.0 Å². The fourth-order valence-corrected chi connectivity index (χ4v) is 2.63. The molecule has 5 heteroatoms. The van der Waals surface area contributed by atoms with Gasteiger partial charge in [-0.15, -0.1) is 0 Å². The topological polar surface area (TPSA) is 62.5 Å². The van der Waals surface area contributed by atoms with Crippen LogP contribution in [0.15, 0.2) is 69.6 Å². The van der Waals surface area contributed by atoms with E-state index in [-0.39, 0.29) is 12.5 Å². The summed E-state index contributed by atoms with van der Waals surface area (Å²) in [5, 5.41) is 12.0. The molecule has 1 aromatic heterocycles. The van der Waals surface area contributed by atoms with E-state index in [2.05, 4.69) is 21.2 Å². The average molecular weight is 386 g/mol. The summed E-state index contributed by atoms with van der Waals surface area (Å²) < 4.78 is 6.50. The van der Waals surface area contributed by atoms with Crippen LogP contribution in [0.5, 0.6) is 0 Å². The number of carbonyl (C=O) groups excluding carboxylic acids is 1. The van der Waals surface area contributed by atoms with Crippen molar-refractivity contribution in [2.75, 3.05) is 5.32 Å². The summed E-state index contributed by atoms with van der Waals surface area (Å²) in [7, 11) is 0. The normalized spacial score (nSPS) is 10.6. The highest BCUT2D eigenvalue weighted by Gasteiger charge is 2.08. The fraction of sp³-hybridized carbons (Fsp3) is 0.105. The highest BCUT2D eigenvalue weighted by molar-refractivity contribution is 9.10. The summed E-state index contributed by atoms with van der Waals surface area (Å²) in [5.41, 5.74) is 2.50. The second-order valence-corrected chi connectivity index (χ2v) is 6.27. The van der Waals surface area contributed by atoms with E-state index in [4.69, 9.17) is 9.52 Å². The van der Waals surface area contributed by atoms with Crippen LogP contribution in [0.25, 0.3) is 11.3 Å². The van der Waals surface area contributed by atoms with Crippen molar-refractivity contribution in [1.82, 2.24) is 0 Å². The van der Waals surface area contributed by atoms with E-state index in [9.17, 15) is 4.79 Å². The van der Waals surface area contributed by atoms with E-state index in [1.807, 2.05) is 48.5 Å². The van der Waals surface area contributed by atoms with Gasteiger partial charge in [-0.1, -0.05) is 40.2 Å². The molecule has 3 rings (SSSR count). The molecule has 0 unspecified atom stereocenters. The molecule has 1 amide bonds. The molecule has 2 aromatic carbocycles. The third kappa shape index (κ3) is 4.13. The Kier molecular flexibility index (Phi) is 5.13. The van der Waals surface area contributed by atoms with E-state index in [1.165, 1.54) is 0 Å². The Bertz CT molecular complexity index is 840. The van der Waals surface area contributed by atoms with Crippen LogP contribution in [0.4, 0.5) is 5.69 Å². The van der Waals surface area contributed by atoms with Crippen LogP contribution in [-0.2, 0) is 17.8 Å². The Morgan fingerprint density at radius 3 is 2.58 bits per heavy atom. The number of carbonyl (C=O) groups is 1. The van der Waals surface area contributed by atoms with Gasteiger partial charge in [-0.3, -0.25) is 4.79 Å². The highest BCUT2D eigenvalue weighted by atomic mass is 79.9. The van der Waals surface area contributed by atoms with E-state index in [1.54, 1.807) is 12.1 Å². The summed E-state index contributed by atoms with van der Waals surface area (Å²) in [6.45, 7) is -0.135. The summed E-state index contributed by atoms with van der Waals surface area (Å²) >= 11 is 3.38. The molecule has 0 radical (unpaired) electrons. The van der Waals surface area contributed by atoms with Crippen LogP contribution in [0.3, 0.4) is 0 Å². The lowest BCUT2D eigenvalue weighted by Crippen LogP contribution is -2.14. The van der Waals surface area contributed by atoms with Gasteiger partial charge in [0.25, 0.3) is 0 Å². The molecular formula is C19H16BrNO3. The first-order valence-electron chi connectivity index (χ1n) is 7.48. The lowest BCUT2D eigenvalue weighted by atomic mass is 10.1. The number of hydrogen-bond acceptors (Lipinski definition) is 3. The Morgan fingerprint density at radius 1 is 1.08 bits per heavy atom. The predicted molar refractivity (Wildman–Crippen MR) is 96.5 cm³/mol. The Balaban J connectivity index is 1.69. The van der Waals surface area contributed by atoms with Crippen molar-refractivity contribution in [3.05, 3.63) is 76.5 Å². The van der Waals surface area contributed by atoms with Crippen LogP contribution < -0.4 is 5.32 Å². The van der Waals surface area contributed by atoms with Crippen LogP contribution in [0, 0.1) is 0 Å². The monoisotopic (exact) mass is 385 g/mol. The molecule has 0 spiro atoms. The number of amides is 1. The number of hydrogen-bond donors (Lipinski definition) is 2. The quantitative estimate of drug-likeness (QED) is 0.684. The molecule has 0 aliphatic rings. The van der Waals surface area contributed by atoms with Gasteiger partial charge in [-0.25, -0.2) is 0 Å². The van der Waals surface area contributed by atoms with Crippen molar-refractivity contribution >= 4 is 27.5 Å². The first-order valence-corrected chi connectivity index (χ1v) is 8.27. The first-order chi connectivity index (χ1) is 11.6. The molecule has 2 N–H and O–H groups in total. The van der Waals surface area contributed by atoms with E-state index < -0.39 is 0 Å². The standard InChI is InChI=1S/C19H16BrNO3/c20-15-6-4-13(5-7-15)10-19(23)21-16-3-1-2-14(11-16)18-9-8-17(12-22)24-18/h1-9,11,22H,10,12H2,(H,21,23). The van der Waals surface area contributed by atoms with Gasteiger partial charge in [0, 0.05) is 15.7 Å². The Hall–Kier alpha value is -2.37. The van der Waals surface area contributed by atoms with Gasteiger partial charge < -0.3 is 14.8 Å². The molecule has 0 bridgehead atoms. The summed E-state index contributed by atoms with van der Waals surface area (Å²) in [5.74, 6) is 1.09. The molecular weight excluding hydrogens is 370 g/mol. The van der Waals surface area contributed by atoms with Crippen molar-refractivity contribution in [2.45, 2.75) is 13.0 Å². The number of aliphatic hydroxyl groups is 1. The molecule has 0 aliphatic carbocycles. The molecule has 0 fully saturated rings. The average Bonchev–Trinajstić information content (AvgIpc) is 3.06. The molecule has 1 heterocycles. The number of furan rings is 1. The molecule has 0 saturated carbocycles. The minimum Gasteiger partial charge on any atom is -0.459 e. The summed E-state index contributed by atoms with van der Waals surface area (Å²) in [6.07, 6.45) is 0.312. The zero-order valence-corrected chi connectivity index (χ0v) is 14.4. The van der Waals surface area contributed by atoms with E-state index in [0.717, 1.165) is 15.6 Å². The number of nitrogens with one attached hydrogen (secondary N) is 1. The van der Waals surface area contributed by atoms with Crippen molar-refractivity contribution < 1.29 is 14.3 Å². The largest absolute Gasteiger partial charge is 0.459 e. The van der Waals surface area contributed by atoms with Gasteiger partial charge in [-0.2, -0.15) is 0 Å². The third-order valence-electron chi connectivity index (χ3n) is 3.53. The molecule has 4 nitrogen and oxygen atoms in total. The van der Waals surface area contributed by atoms with Crippen LogP contribution in [-0.4, -0.2) is 11.0 Å². The predicted octanol–water partition coefficient (Wildman–Crippen LogP) is 4.38. The number of rotatable bonds is 5. The number of aliphatic hydroxyl groups excluding tert-OH is 1. The van der Waals surface area contributed by atoms with Crippen molar-refractivity contribution in [3.8, 4) is 11.3 Å². The number of anilines is 1. The van der Waals surface area contributed by atoms with Gasteiger partial charge in [0.2, 0.25) is 5.91 Å². The van der Waals surface area contributed by atoms with E-state index >= 15 is 0 Å². The van der Waals surface area contributed by atoms with Crippen LogP contribution in [0.1, 0.15) is 11.3 Å². The molecule has 0 saturated heterocycles. The Morgan fingerprint density at radius 2 is 1.88 bits per heavy atom. The number of halogens is 1. The molecule has 24 heavy (non-hydrogen) atoms. The highest BCUT2D eigenvalue weighted by Crippen LogP contribution is 2.25. The second-order valence-electron chi connectivity index (χ2n) is 5.36. The maximum atomic E-state index is 12.2. The van der Waals surface area contributed by atoms with E-state index in [0.29, 0.717) is 23.6 Å². The van der Waals surface area contributed by atoms with Gasteiger partial charge in [0.15, 0.2) is 0 Å². The zero-order valence-electron chi connectivity index (χ0n) is 12.8. The molecule has 0 atom stereocenters. The zero-order chi connectivity index (χ0) is 16.9.